The first-order chi connectivity index (χ1) is 10.1. The molecule has 0 aliphatic heterocycles. The van der Waals surface area contributed by atoms with E-state index in [4.69, 9.17) is 11.6 Å². The number of amides is 2. The second kappa shape index (κ2) is 7.33. The van der Waals surface area contributed by atoms with Crippen LogP contribution in [0.3, 0.4) is 0 Å². The lowest BCUT2D eigenvalue weighted by Gasteiger charge is -2.11. The number of hydrogen-bond acceptors (Lipinski definition) is 2. The second-order valence-electron chi connectivity index (χ2n) is 4.24. The van der Waals surface area contributed by atoms with Crippen LogP contribution in [0, 0.1) is 5.82 Å². The van der Waals surface area contributed by atoms with E-state index in [9.17, 15) is 9.18 Å². The third kappa shape index (κ3) is 4.37. The minimum absolute atomic E-state index is 0.229. The summed E-state index contributed by atoms with van der Waals surface area (Å²) in [6.45, 7) is 0.229. The van der Waals surface area contributed by atoms with Crippen molar-refractivity contribution in [2.45, 2.75) is 11.4 Å². The van der Waals surface area contributed by atoms with Crippen LogP contribution < -0.4 is 10.6 Å². The highest BCUT2D eigenvalue weighted by Gasteiger charge is 2.07. The van der Waals surface area contributed by atoms with Gasteiger partial charge in [0, 0.05) is 16.5 Å². The van der Waals surface area contributed by atoms with Gasteiger partial charge in [-0.05, 0) is 36.1 Å². The summed E-state index contributed by atoms with van der Waals surface area (Å²) < 4.78 is 12.9. The zero-order chi connectivity index (χ0) is 15.2. The van der Waals surface area contributed by atoms with Gasteiger partial charge in [0.25, 0.3) is 0 Å². The standard InChI is InChI=1S/C15H14ClFN2OS/c1-21-14-5-3-2-4-13(14)19-15(20)18-9-10-6-7-11(17)8-12(10)16/h2-8H,9H2,1H3,(H2,18,19,20). The molecule has 2 N–H and O–H groups in total. The Morgan fingerprint density at radius 2 is 2.05 bits per heavy atom. The average Bonchev–Trinajstić information content (AvgIpc) is 2.47. The molecule has 0 heterocycles. The Labute approximate surface area is 131 Å². The molecular formula is C15H14ClFN2OS. The number of nitrogens with one attached hydrogen (secondary N) is 2. The molecule has 3 nitrogen and oxygen atoms in total. The number of urea groups is 1. The summed E-state index contributed by atoms with van der Waals surface area (Å²) >= 11 is 7.46. The zero-order valence-corrected chi connectivity index (χ0v) is 12.9. The van der Waals surface area contributed by atoms with Crippen molar-refractivity contribution in [1.29, 1.82) is 0 Å². The summed E-state index contributed by atoms with van der Waals surface area (Å²) in [6.07, 6.45) is 1.94. The molecule has 0 spiro atoms. The molecule has 2 aromatic rings. The van der Waals surface area contributed by atoms with Crippen molar-refractivity contribution >= 4 is 35.1 Å². The summed E-state index contributed by atoms with van der Waals surface area (Å²) in [5.74, 6) is -0.401. The van der Waals surface area contributed by atoms with E-state index in [-0.39, 0.29) is 12.6 Å². The van der Waals surface area contributed by atoms with Crippen LogP contribution >= 0.6 is 23.4 Å². The number of hydrogen-bond donors (Lipinski definition) is 2. The second-order valence-corrected chi connectivity index (χ2v) is 5.50. The molecule has 0 radical (unpaired) electrons. The Balaban J connectivity index is 1.96. The van der Waals surface area contributed by atoms with Crippen LogP contribution in [0.1, 0.15) is 5.56 Å². The zero-order valence-electron chi connectivity index (χ0n) is 11.3. The lowest BCUT2D eigenvalue weighted by Crippen LogP contribution is -2.28. The van der Waals surface area contributed by atoms with Gasteiger partial charge in [0.1, 0.15) is 5.82 Å². The molecule has 2 rings (SSSR count). The monoisotopic (exact) mass is 324 g/mol. The number of carbonyl (C=O) groups is 1. The van der Waals surface area contributed by atoms with E-state index in [1.54, 1.807) is 17.8 Å². The largest absolute Gasteiger partial charge is 0.334 e. The molecule has 110 valence electrons. The predicted octanol–water partition coefficient (Wildman–Crippen LogP) is 4.52. The fourth-order valence-electron chi connectivity index (χ4n) is 1.75. The fourth-order valence-corrected chi connectivity index (χ4v) is 2.54. The average molecular weight is 325 g/mol. The van der Waals surface area contributed by atoms with Crippen molar-refractivity contribution in [1.82, 2.24) is 5.32 Å². The highest BCUT2D eigenvalue weighted by Crippen LogP contribution is 2.24. The smallest absolute Gasteiger partial charge is 0.319 e. The minimum Gasteiger partial charge on any atom is -0.334 e. The van der Waals surface area contributed by atoms with Crippen LogP contribution in [0.4, 0.5) is 14.9 Å². The molecule has 0 aliphatic rings. The number of anilines is 1. The van der Waals surface area contributed by atoms with Gasteiger partial charge in [-0.1, -0.05) is 29.8 Å². The third-order valence-electron chi connectivity index (χ3n) is 2.81. The summed E-state index contributed by atoms with van der Waals surface area (Å²) in [5.41, 5.74) is 1.40. The first kappa shape index (κ1) is 15.7. The van der Waals surface area contributed by atoms with Crippen LogP contribution in [0.5, 0.6) is 0 Å². The summed E-state index contributed by atoms with van der Waals surface area (Å²) in [5, 5.41) is 5.76. The molecule has 0 fully saturated rings. The molecule has 0 bridgehead atoms. The molecule has 2 amide bonds. The normalized spacial score (nSPS) is 10.2. The van der Waals surface area contributed by atoms with E-state index in [1.807, 2.05) is 30.5 Å². The van der Waals surface area contributed by atoms with Crippen molar-refractivity contribution in [2.24, 2.45) is 0 Å². The molecular weight excluding hydrogens is 311 g/mol. The summed E-state index contributed by atoms with van der Waals surface area (Å²) in [4.78, 5) is 12.9. The highest BCUT2D eigenvalue weighted by atomic mass is 35.5. The molecule has 0 unspecified atom stereocenters. The van der Waals surface area contributed by atoms with Crippen molar-refractivity contribution in [3.8, 4) is 0 Å². The topological polar surface area (TPSA) is 41.1 Å². The lowest BCUT2D eigenvalue weighted by atomic mass is 10.2. The number of benzene rings is 2. The number of carbonyl (C=O) groups excluding carboxylic acids is 1. The molecule has 21 heavy (non-hydrogen) atoms. The Morgan fingerprint density at radius 3 is 2.76 bits per heavy atom. The molecule has 6 heteroatoms. The Bertz CT molecular complexity index is 651. The van der Waals surface area contributed by atoms with E-state index in [2.05, 4.69) is 10.6 Å². The number of thioether (sulfide) groups is 1. The van der Waals surface area contributed by atoms with Crippen LogP contribution in [0.15, 0.2) is 47.4 Å². The molecule has 0 saturated heterocycles. The first-order valence-electron chi connectivity index (χ1n) is 6.22. The van der Waals surface area contributed by atoms with Gasteiger partial charge in [-0.2, -0.15) is 0 Å². The third-order valence-corrected chi connectivity index (χ3v) is 3.96. The molecule has 0 saturated carbocycles. The summed E-state index contributed by atoms with van der Waals surface area (Å²) in [7, 11) is 0. The lowest BCUT2D eigenvalue weighted by molar-refractivity contribution is 0.251. The predicted molar refractivity (Wildman–Crippen MR) is 85.5 cm³/mol. The molecule has 0 aliphatic carbocycles. The number of rotatable bonds is 4. The Morgan fingerprint density at radius 1 is 1.29 bits per heavy atom. The van der Waals surface area contributed by atoms with E-state index in [1.165, 1.54) is 12.1 Å². The van der Waals surface area contributed by atoms with Crippen molar-refractivity contribution in [3.05, 3.63) is 58.9 Å². The maximum atomic E-state index is 12.9. The number of halogens is 2. The van der Waals surface area contributed by atoms with Gasteiger partial charge >= 0.3 is 6.03 Å². The van der Waals surface area contributed by atoms with Crippen molar-refractivity contribution in [3.63, 3.8) is 0 Å². The van der Waals surface area contributed by atoms with E-state index < -0.39 is 5.82 Å². The fraction of sp³-hybridized carbons (Fsp3) is 0.133. The van der Waals surface area contributed by atoms with Gasteiger partial charge < -0.3 is 10.6 Å². The van der Waals surface area contributed by atoms with E-state index in [0.717, 1.165) is 10.6 Å². The van der Waals surface area contributed by atoms with E-state index >= 15 is 0 Å². The maximum Gasteiger partial charge on any atom is 0.319 e. The van der Waals surface area contributed by atoms with Gasteiger partial charge in [-0.25, -0.2) is 9.18 Å². The van der Waals surface area contributed by atoms with Crippen LogP contribution in [0.2, 0.25) is 5.02 Å². The van der Waals surface area contributed by atoms with E-state index in [0.29, 0.717) is 10.6 Å². The van der Waals surface area contributed by atoms with Gasteiger partial charge in [0.05, 0.1) is 5.69 Å². The highest BCUT2D eigenvalue weighted by molar-refractivity contribution is 7.98. The van der Waals surface area contributed by atoms with Crippen molar-refractivity contribution < 1.29 is 9.18 Å². The van der Waals surface area contributed by atoms with Gasteiger partial charge in [-0.15, -0.1) is 11.8 Å². The van der Waals surface area contributed by atoms with Crippen molar-refractivity contribution in [2.75, 3.05) is 11.6 Å². The molecule has 0 atom stereocenters. The summed E-state index contributed by atoms with van der Waals surface area (Å²) in [6, 6.07) is 11.3. The quantitative estimate of drug-likeness (QED) is 0.812. The minimum atomic E-state index is -0.401. The van der Waals surface area contributed by atoms with Gasteiger partial charge in [-0.3, -0.25) is 0 Å². The SMILES string of the molecule is CSc1ccccc1NC(=O)NCc1ccc(F)cc1Cl. The van der Waals surface area contributed by atoms with Crippen LogP contribution in [-0.2, 0) is 6.54 Å². The Kier molecular flexibility index (Phi) is 5.47. The first-order valence-corrected chi connectivity index (χ1v) is 7.82. The molecule has 0 aromatic heterocycles. The van der Waals surface area contributed by atoms with Gasteiger partial charge in [0.2, 0.25) is 0 Å². The molecule has 2 aromatic carbocycles. The maximum absolute atomic E-state index is 12.9. The Hall–Kier alpha value is -1.72. The van der Waals surface area contributed by atoms with Crippen LogP contribution in [0.25, 0.3) is 0 Å². The van der Waals surface area contributed by atoms with Gasteiger partial charge in [0.15, 0.2) is 0 Å². The number of para-hydroxylation sites is 1. The van der Waals surface area contributed by atoms with Crippen LogP contribution in [-0.4, -0.2) is 12.3 Å².